The highest BCUT2D eigenvalue weighted by Crippen LogP contribution is 2.43. The smallest absolute Gasteiger partial charge is 0.343 e. The van der Waals surface area contributed by atoms with Crippen LogP contribution < -0.4 is 0 Å². The van der Waals surface area contributed by atoms with Crippen LogP contribution in [0.1, 0.15) is 50.5 Å². The van der Waals surface area contributed by atoms with Crippen molar-refractivity contribution in [1.29, 1.82) is 0 Å². The summed E-state index contributed by atoms with van der Waals surface area (Å²) in [4.78, 5) is 25.6. The maximum absolute atomic E-state index is 13.3. The predicted molar refractivity (Wildman–Crippen MR) is 138 cm³/mol. The van der Waals surface area contributed by atoms with Crippen molar-refractivity contribution in [3.63, 3.8) is 0 Å². The molecule has 2 unspecified atom stereocenters. The third-order valence-electron chi connectivity index (χ3n) is 8.31. The maximum atomic E-state index is 13.3. The Morgan fingerprint density at radius 1 is 1.00 bits per heavy atom. The molecule has 1 aromatic rings. The normalized spacial score (nSPS) is 28.7. The molecule has 2 saturated carbocycles. The molecule has 0 amide bonds. The van der Waals surface area contributed by atoms with Gasteiger partial charge >= 0.3 is 5.97 Å². The second-order valence-corrected chi connectivity index (χ2v) is 11.0. The van der Waals surface area contributed by atoms with Crippen LogP contribution in [0.25, 0.3) is 0 Å². The summed E-state index contributed by atoms with van der Waals surface area (Å²) in [6, 6.07) is 9.45. The van der Waals surface area contributed by atoms with Crippen molar-refractivity contribution in [2.45, 2.75) is 81.1 Å². The number of likely N-dealkylation sites (tertiary alicyclic amines) is 1. The second-order valence-electron chi connectivity index (χ2n) is 11.0. The van der Waals surface area contributed by atoms with E-state index in [1.807, 2.05) is 30.3 Å². The molecule has 10 heteroatoms. The number of aldehydes is 1. The third-order valence-corrected chi connectivity index (χ3v) is 8.31. The number of carbonyl (C=O) groups is 2. The van der Waals surface area contributed by atoms with Crippen LogP contribution in [0.15, 0.2) is 30.3 Å². The summed E-state index contributed by atoms with van der Waals surface area (Å²) in [5, 5.41) is 55.1. The van der Waals surface area contributed by atoms with Gasteiger partial charge in [0.25, 0.3) is 0 Å². The van der Waals surface area contributed by atoms with Crippen molar-refractivity contribution >= 4 is 12.3 Å². The van der Waals surface area contributed by atoms with Gasteiger partial charge in [-0.3, -0.25) is 0 Å². The van der Waals surface area contributed by atoms with E-state index in [9.17, 15) is 14.7 Å². The first kappa shape index (κ1) is 30.6. The van der Waals surface area contributed by atoms with E-state index < -0.39 is 42.6 Å². The summed E-state index contributed by atoms with van der Waals surface area (Å²) in [6.07, 6.45) is 0.513. The van der Waals surface area contributed by atoms with Gasteiger partial charge in [-0.1, -0.05) is 49.6 Å². The molecule has 1 saturated heterocycles. The van der Waals surface area contributed by atoms with Crippen LogP contribution >= 0.6 is 0 Å². The molecule has 6 N–H and O–H groups in total. The molecule has 3 fully saturated rings. The number of rotatable bonds is 9. The van der Waals surface area contributed by atoms with Crippen molar-refractivity contribution < 1.29 is 45.0 Å². The van der Waals surface area contributed by atoms with Crippen molar-refractivity contribution in [3.8, 4) is 0 Å². The van der Waals surface area contributed by atoms with E-state index in [4.69, 9.17) is 30.3 Å². The van der Waals surface area contributed by atoms with Crippen molar-refractivity contribution in [2.75, 3.05) is 26.7 Å². The van der Waals surface area contributed by atoms with Gasteiger partial charge in [-0.25, -0.2) is 4.79 Å². The number of nitrogens with zero attached hydrogens (tertiary/aromatic N) is 1. The lowest BCUT2D eigenvalue weighted by atomic mass is 9.75. The summed E-state index contributed by atoms with van der Waals surface area (Å²) in [7, 11) is 2.15. The van der Waals surface area contributed by atoms with E-state index in [0.29, 0.717) is 17.4 Å². The zero-order chi connectivity index (χ0) is 27.9. The zero-order valence-electron chi connectivity index (χ0n) is 22.0. The summed E-state index contributed by atoms with van der Waals surface area (Å²) >= 11 is 0. The van der Waals surface area contributed by atoms with Gasteiger partial charge in [-0.05, 0) is 38.3 Å². The summed E-state index contributed by atoms with van der Waals surface area (Å²) in [5.74, 6) is 0.352. The van der Waals surface area contributed by atoms with E-state index in [0.717, 1.165) is 51.6 Å². The number of hydrogen-bond acceptors (Lipinski definition) is 10. The molecule has 1 aromatic carbocycles. The van der Waals surface area contributed by atoms with E-state index in [-0.39, 0.29) is 18.3 Å². The summed E-state index contributed by atoms with van der Waals surface area (Å²) in [5.41, 5.74) is -0.815. The van der Waals surface area contributed by atoms with Crippen LogP contribution in [-0.4, -0.2) is 105 Å². The van der Waals surface area contributed by atoms with Gasteiger partial charge in [0.15, 0.2) is 11.9 Å². The molecule has 38 heavy (non-hydrogen) atoms. The largest absolute Gasteiger partial charge is 0.459 e. The van der Waals surface area contributed by atoms with Crippen LogP contribution in [-0.2, 0) is 19.9 Å². The molecule has 0 radical (unpaired) electrons. The Kier molecular flexibility index (Phi) is 11.2. The Bertz CT molecular complexity index is 866. The Labute approximate surface area is 223 Å². The first-order chi connectivity index (χ1) is 18.1. The Hall–Kier alpha value is -1.92. The SMILES string of the molecule is CN1CC2CCCC(C1)C2OC(=O)[C@](O)(c1ccccc1)C1CCCC1.O=C[C@H](O)[C@@H](O)[C@H](O)[C@H](O)CO. The molecular weight excluding hydrogens is 494 g/mol. The van der Waals surface area contributed by atoms with Crippen LogP contribution in [0.2, 0.25) is 0 Å². The van der Waals surface area contributed by atoms with Crippen LogP contribution in [0, 0.1) is 17.8 Å². The monoisotopic (exact) mass is 537 g/mol. The quantitative estimate of drug-likeness (QED) is 0.186. The fourth-order valence-electron chi connectivity index (χ4n) is 6.20. The minimum atomic E-state index is -1.79. The Morgan fingerprint density at radius 2 is 1.58 bits per heavy atom. The number of ether oxygens (including phenoxy) is 1. The number of fused-ring (bicyclic) bond motifs is 2. The number of carbonyl (C=O) groups excluding carboxylic acids is 2. The lowest BCUT2D eigenvalue weighted by molar-refractivity contribution is -0.191. The molecule has 0 aromatic heterocycles. The molecule has 4 rings (SSSR count). The van der Waals surface area contributed by atoms with Crippen LogP contribution in [0.3, 0.4) is 0 Å². The molecule has 7 atom stereocenters. The van der Waals surface area contributed by atoms with Gasteiger partial charge in [-0.2, -0.15) is 0 Å². The predicted octanol–water partition coefficient (Wildman–Crippen LogP) is -0.0409. The highest BCUT2D eigenvalue weighted by Gasteiger charge is 2.50. The van der Waals surface area contributed by atoms with Gasteiger partial charge in [-0.15, -0.1) is 0 Å². The molecule has 10 nitrogen and oxygen atoms in total. The van der Waals surface area contributed by atoms with Gasteiger partial charge < -0.3 is 45.1 Å². The van der Waals surface area contributed by atoms with Gasteiger partial charge in [0.05, 0.1) is 6.61 Å². The molecule has 0 spiro atoms. The first-order valence-electron chi connectivity index (χ1n) is 13.6. The fourth-order valence-corrected chi connectivity index (χ4v) is 6.20. The van der Waals surface area contributed by atoms with Gasteiger partial charge in [0.2, 0.25) is 0 Å². The minimum Gasteiger partial charge on any atom is -0.459 e. The number of aliphatic hydroxyl groups is 6. The fraction of sp³-hybridized carbons (Fsp3) is 0.714. The molecule has 1 aliphatic heterocycles. The van der Waals surface area contributed by atoms with Crippen LogP contribution in [0.4, 0.5) is 0 Å². The lowest BCUT2D eigenvalue weighted by Gasteiger charge is -2.46. The molecule has 214 valence electrons. The first-order valence-corrected chi connectivity index (χ1v) is 13.6. The Balaban J connectivity index is 0.000000284. The van der Waals surface area contributed by atoms with Gasteiger partial charge in [0, 0.05) is 30.8 Å². The topological polar surface area (TPSA) is 168 Å². The van der Waals surface area contributed by atoms with Gasteiger partial charge in [0.1, 0.15) is 30.5 Å². The zero-order valence-corrected chi connectivity index (χ0v) is 22.0. The molecule has 3 aliphatic rings. The molecule has 2 bridgehead atoms. The van der Waals surface area contributed by atoms with Crippen molar-refractivity contribution in [1.82, 2.24) is 4.90 Å². The average molecular weight is 538 g/mol. The van der Waals surface area contributed by atoms with Crippen molar-refractivity contribution in [2.24, 2.45) is 17.8 Å². The number of esters is 1. The molecular formula is C28H43NO9. The number of hydrogen-bond donors (Lipinski definition) is 6. The van der Waals surface area contributed by atoms with E-state index in [2.05, 4.69) is 11.9 Å². The molecule has 2 aliphatic carbocycles. The maximum Gasteiger partial charge on any atom is 0.343 e. The standard InChI is InChI=1S/C22H31NO3.C6H12O6/c1-23-14-16-8-7-9-17(15-23)20(16)26-21(24)22(25,19-12-5-6-13-19)18-10-3-2-4-11-18;7-1-3(9)5(11)6(12)4(10)2-8/h2-4,10-11,16-17,19-20,25H,5-9,12-15H2,1H3;1,3-6,8-12H,2H2/t16?,17?,20?,22-;3-,4+,5+,6+/m00/s1. The Morgan fingerprint density at radius 3 is 2.11 bits per heavy atom. The highest BCUT2D eigenvalue weighted by molar-refractivity contribution is 5.82. The number of aliphatic hydroxyl groups excluding tert-OH is 5. The van der Waals surface area contributed by atoms with Crippen molar-refractivity contribution in [3.05, 3.63) is 35.9 Å². The van der Waals surface area contributed by atoms with E-state index in [1.165, 1.54) is 6.42 Å². The number of benzene rings is 1. The summed E-state index contributed by atoms with van der Waals surface area (Å²) in [6.45, 7) is 1.22. The average Bonchev–Trinajstić information content (AvgIpc) is 3.48. The third kappa shape index (κ3) is 6.98. The summed E-state index contributed by atoms with van der Waals surface area (Å²) < 4.78 is 6.12. The molecule has 1 heterocycles. The highest BCUT2D eigenvalue weighted by atomic mass is 16.6. The second kappa shape index (κ2) is 13.9. The lowest BCUT2D eigenvalue weighted by Crippen LogP contribution is -2.54. The van der Waals surface area contributed by atoms with E-state index in [1.54, 1.807) is 0 Å². The van der Waals surface area contributed by atoms with E-state index >= 15 is 0 Å². The minimum absolute atomic E-state index is 0.0258. The van der Waals surface area contributed by atoms with Crippen LogP contribution in [0.5, 0.6) is 0 Å². The number of piperidine rings is 1.